The van der Waals surface area contributed by atoms with Gasteiger partial charge in [0, 0.05) is 5.56 Å². The highest BCUT2D eigenvalue weighted by molar-refractivity contribution is 5.87. The fraction of sp³-hybridized carbons (Fsp3) is 0.150. The molecule has 4 heteroatoms. The number of aliphatic hydroxyl groups excluding tert-OH is 1. The molecule has 0 aliphatic heterocycles. The van der Waals surface area contributed by atoms with Gasteiger partial charge < -0.3 is 9.84 Å². The summed E-state index contributed by atoms with van der Waals surface area (Å²) in [6.07, 6.45) is -1.37. The average molecular weight is 321 g/mol. The third-order valence-corrected chi connectivity index (χ3v) is 3.98. The van der Waals surface area contributed by atoms with Crippen molar-refractivity contribution in [2.45, 2.75) is 18.8 Å². The van der Waals surface area contributed by atoms with E-state index in [9.17, 15) is 9.90 Å². The first-order valence-corrected chi connectivity index (χ1v) is 7.72. The Balaban J connectivity index is 1.89. The molecule has 0 aliphatic carbocycles. The zero-order chi connectivity index (χ0) is 17.2. The van der Waals surface area contributed by atoms with Gasteiger partial charge in [0.1, 0.15) is 0 Å². The van der Waals surface area contributed by atoms with E-state index in [1.165, 1.54) is 0 Å². The maximum Gasteiger partial charge on any atom is 0.341 e. The second kappa shape index (κ2) is 6.43. The SMILES string of the molecule is CC(N)(OC(=O)C(O)c1ccccc1)c1cccc2ccccc12. The zero-order valence-corrected chi connectivity index (χ0v) is 13.3. The van der Waals surface area contributed by atoms with Crippen LogP contribution >= 0.6 is 0 Å². The van der Waals surface area contributed by atoms with E-state index in [1.807, 2.05) is 48.5 Å². The fourth-order valence-corrected chi connectivity index (χ4v) is 2.75. The quantitative estimate of drug-likeness (QED) is 0.571. The minimum Gasteiger partial charge on any atom is -0.438 e. The molecule has 3 aromatic carbocycles. The molecule has 2 unspecified atom stereocenters. The number of rotatable bonds is 4. The van der Waals surface area contributed by atoms with E-state index in [-0.39, 0.29) is 0 Å². The monoisotopic (exact) mass is 321 g/mol. The Kier molecular flexibility index (Phi) is 4.34. The first-order chi connectivity index (χ1) is 11.5. The summed E-state index contributed by atoms with van der Waals surface area (Å²) in [5.74, 6) is -0.779. The van der Waals surface area contributed by atoms with Crippen LogP contribution in [-0.2, 0) is 15.3 Å². The predicted octanol–water partition coefficient (Wildman–Crippen LogP) is 3.25. The maximum atomic E-state index is 12.3. The van der Waals surface area contributed by atoms with Crippen molar-refractivity contribution in [1.82, 2.24) is 0 Å². The first kappa shape index (κ1) is 16.2. The molecule has 0 saturated carbocycles. The Morgan fingerprint density at radius 3 is 2.38 bits per heavy atom. The zero-order valence-electron chi connectivity index (χ0n) is 13.3. The molecule has 3 rings (SSSR count). The van der Waals surface area contributed by atoms with Crippen LogP contribution in [0.15, 0.2) is 72.8 Å². The van der Waals surface area contributed by atoms with Crippen LogP contribution in [0.3, 0.4) is 0 Å². The summed E-state index contributed by atoms with van der Waals surface area (Å²) in [7, 11) is 0. The minimum absolute atomic E-state index is 0.469. The van der Waals surface area contributed by atoms with Crippen molar-refractivity contribution in [3.05, 3.63) is 83.9 Å². The summed E-state index contributed by atoms with van der Waals surface area (Å²) in [6, 6.07) is 22.0. The predicted molar refractivity (Wildman–Crippen MR) is 93.0 cm³/mol. The van der Waals surface area contributed by atoms with Gasteiger partial charge in [0.25, 0.3) is 0 Å². The standard InChI is InChI=1S/C20H19NO3/c1-20(21,17-13-7-11-14-8-5-6-12-16(14)17)24-19(23)18(22)15-9-3-2-4-10-15/h2-13,18,22H,21H2,1H3. The van der Waals surface area contributed by atoms with E-state index >= 15 is 0 Å². The highest BCUT2D eigenvalue weighted by atomic mass is 16.6. The smallest absolute Gasteiger partial charge is 0.341 e. The van der Waals surface area contributed by atoms with Gasteiger partial charge in [-0.05, 0) is 23.3 Å². The van der Waals surface area contributed by atoms with Crippen molar-refractivity contribution < 1.29 is 14.6 Å². The van der Waals surface area contributed by atoms with E-state index in [1.54, 1.807) is 31.2 Å². The molecule has 4 nitrogen and oxygen atoms in total. The van der Waals surface area contributed by atoms with Gasteiger partial charge in [-0.25, -0.2) is 4.79 Å². The van der Waals surface area contributed by atoms with Crippen molar-refractivity contribution in [3.63, 3.8) is 0 Å². The molecule has 122 valence electrons. The van der Waals surface area contributed by atoms with Crippen molar-refractivity contribution >= 4 is 16.7 Å². The molecule has 0 aromatic heterocycles. The maximum absolute atomic E-state index is 12.3. The van der Waals surface area contributed by atoms with Crippen LogP contribution in [0, 0.1) is 0 Å². The van der Waals surface area contributed by atoms with E-state index in [0.29, 0.717) is 11.1 Å². The highest BCUT2D eigenvalue weighted by Gasteiger charge is 2.31. The van der Waals surface area contributed by atoms with E-state index in [2.05, 4.69) is 0 Å². The molecule has 0 saturated heterocycles. The van der Waals surface area contributed by atoms with Gasteiger partial charge in [0.15, 0.2) is 11.8 Å². The number of hydrogen-bond donors (Lipinski definition) is 2. The Morgan fingerprint density at radius 1 is 1.00 bits per heavy atom. The third-order valence-electron chi connectivity index (χ3n) is 3.98. The average Bonchev–Trinajstić information content (AvgIpc) is 2.61. The number of benzene rings is 3. The fourth-order valence-electron chi connectivity index (χ4n) is 2.75. The van der Waals surface area contributed by atoms with Gasteiger partial charge in [-0.2, -0.15) is 0 Å². The van der Waals surface area contributed by atoms with Gasteiger partial charge in [0.05, 0.1) is 0 Å². The second-order valence-corrected chi connectivity index (χ2v) is 5.87. The van der Waals surface area contributed by atoms with Gasteiger partial charge in [-0.15, -0.1) is 0 Å². The number of fused-ring (bicyclic) bond motifs is 1. The molecule has 0 spiro atoms. The molecule has 3 N–H and O–H groups in total. The van der Waals surface area contributed by atoms with Crippen molar-refractivity contribution in [2.75, 3.05) is 0 Å². The molecule has 2 atom stereocenters. The Hall–Kier alpha value is -2.69. The Labute approximate surface area is 140 Å². The molecular formula is C20H19NO3. The molecule has 0 bridgehead atoms. The van der Waals surface area contributed by atoms with Crippen LogP contribution in [0.4, 0.5) is 0 Å². The summed E-state index contributed by atoms with van der Waals surface area (Å²) >= 11 is 0. The van der Waals surface area contributed by atoms with Crippen LogP contribution in [-0.4, -0.2) is 11.1 Å². The second-order valence-electron chi connectivity index (χ2n) is 5.87. The van der Waals surface area contributed by atoms with Gasteiger partial charge in [-0.3, -0.25) is 5.73 Å². The van der Waals surface area contributed by atoms with Crippen molar-refractivity contribution in [1.29, 1.82) is 0 Å². The number of carbonyl (C=O) groups is 1. The molecule has 3 aromatic rings. The lowest BCUT2D eigenvalue weighted by Gasteiger charge is -2.28. The largest absolute Gasteiger partial charge is 0.438 e. The lowest BCUT2D eigenvalue weighted by Crippen LogP contribution is -2.40. The number of esters is 1. The number of carbonyl (C=O) groups excluding carboxylic acids is 1. The minimum atomic E-state index is -1.37. The van der Waals surface area contributed by atoms with Crippen molar-refractivity contribution in [2.24, 2.45) is 5.73 Å². The Morgan fingerprint density at radius 2 is 1.62 bits per heavy atom. The van der Waals surface area contributed by atoms with Gasteiger partial charge in [-0.1, -0.05) is 72.8 Å². The van der Waals surface area contributed by atoms with E-state index in [4.69, 9.17) is 10.5 Å². The first-order valence-electron chi connectivity index (χ1n) is 7.72. The molecule has 24 heavy (non-hydrogen) atoms. The summed E-state index contributed by atoms with van der Waals surface area (Å²) in [6.45, 7) is 1.62. The molecule has 0 aliphatic rings. The molecule has 0 fully saturated rings. The van der Waals surface area contributed by atoms with Crippen LogP contribution in [0.5, 0.6) is 0 Å². The molecule has 0 radical (unpaired) electrons. The van der Waals surface area contributed by atoms with Crippen LogP contribution in [0.25, 0.3) is 10.8 Å². The highest BCUT2D eigenvalue weighted by Crippen LogP contribution is 2.29. The summed E-state index contributed by atoms with van der Waals surface area (Å²) in [5, 5.41) is 12.1. The van der Waals surface area contributed by atoms with Gasteiger partial charge >= 0.3 is 5.97 Å². The molecule has 0 amide bonds. The third kappa shape index (κ3) is 3.15. The normalized spacial score (nSPS) is 14.8. The van der Waals surface area contributed by atoms with Crippen LogP contribution in [0.1, 0.15) is 24.2 Å². The topological polar surface area (TPSA) is 72.5 Å². The van der Waals surface area contributed by atoms with E-state index < -0.39 is 17.8 Å². The summed E-state index contributed by atoms with van der Waals surface area (Å²) in [4.78, 5) is 12.3. The molecule has 0 heterocycles. The van der Waals surface area contributed by atoms with Crippen molar-refractivity contribution in [3.8, 4) is 0 Å². The lowest BCUT2D eigenvalue weighted by atomic mass is 9.97. The van der Waals surface area contributed by atoms with Crippen LogP contribution in [0.2, 0.25) is 0 Å². The summed E-state index contributed by atoms with van der Waals surface area (Å²) in [5.41, 5.74) is 6.07. The summed E-state index contributed by atoms with van der Waals surface area (Å²) < 4.78 is 5.44. The number of ether oxygens (including phenoxy) is 1. The van der Waals surface area contributed by atoms with Crippen LogP contribution < -0.4 is 5.73 Å². The van der Waals surface area contributed by atoms with Gasteiger partial charge in [0.2, 0.25) is 0 Å². The van der Waals surface area contributed by atoms with E-state index in [0.717, 1.165) is 10.8 Å². The molecular weight excluding hydrogens is 302 g/mol. The number of hydrogen-bond acceptors (Lipinski definition) is 4. The number of nitrogens with two attached hydrogens (primary N) is 1. The Bertz CT molecular complexity index is 854. The number of aliphatic hydroxyl groups is 1. The lowest BCUT2D eigenvalue weighted by molar-refractivity contribution is -0.169.